The Morgan fingerprint density at radius 1 is 0.933 bits per heavy atom. The first-order chi connectivity index (χ1) is 14.3. The quantitative estimate of drug-likeness (QED) is 0.389. The van der Waals surface area contributed by atoms with Gasteiger partial charge in [-0.15, -0.1) is 0 Å². The monoisotopic (exact) mass is 428 g/mol. The van der Waals surface area contributed by atoms with Crippen molar-refractivity contribution in [1.29, 1.82) is 0 Å². The van der Waals surface area contributed by atoms with Crippen LogP contribution < -0.4 is 5.32 Å². The zero-order valence-corrected chi connectivity index (χ0v) is 16.3. The SMILES string of the molecule is O=C(Nc1cn(Cc2ccc(C(F)(F)F)cc2)c2ccccc12)c1ccc(Cl)cc1. The number of aromatic nitrogens is 1. The molecule has 0 bridgehead atoms. The van der Waals surface area contributed by atoms with Crippen molar-refractivity contribution in [2.75, 3.05) is 5.32 Å². The number of hydrogen-bond acceptors (Lipinski definition) is 1. The fourth-order valence-corrected chi connectivity index (χ4v) is 3.39. The fraction of sp³-hybridized carbons (Fsp3) is 0.0870. The van der Waals surface area contributed by atoms with E-state index in [0.29, 0.717) is 22.8 Å². The number of alkyl halides is 3. The highest BCUT2D eigenvalue weighted by Gasteiger charge is 2.29. The maximum Gasteiger partial charge on any atom is 0.416 e. The maximum absolute atomic E-state index is 12.8. The number of nitrogens with one attached hydrogen (secondary N) is 1. The van der Waals surface area contributed by atoms with Crippen LogP contribution in [0.1, 0.15) is 21.5 Å². The summed E-state index contributed by atoms with van der Waals surface area (Å²) < 4.78 is 40.3. The molecule has 0 atom stereocenters. The van der Waals surface area contributed by atoms with E-state index in [1.165, 1.54) is 12.1 Å². The van der Waals surface area contributed by atoms with Crippen LogP contribution >= 0.6 is 11.6 Å². The van der Waals surface area contributed by atoms with Crippen LogP contribution in [0, 0.1) is 0 Å². The Kier molecular flexibility index (Phi) is 5.26. The predicted molar refractivity (Wildman–Crippen MR) is 112 cm³/mol. The Bertz CT molecular complexity index is 1200. The van der Waals surface area contributed by atoms with Crippen LogP contribution in [0.4, 0.5) is 18.9 Å². The molecular weight excluding hydrogens is 413 g/mol. The first-order valence-electron chi connectivity index (χ1n) is 9.12. The van der Waals surface area contributed by atoms with Crippen molar-refractivity contribution < 1.29 is 18.0 Å². The van der Waals surface area contributed by atoms with Gasteiger partial charge in [-0.3, -0.25) is 4.79 Å². The highest BCUT2D eigenvalue weighted by atomic mass is 35.5. The lowest BCUT2D eigenvalue weighted by molar-refractivity contribution is -0.137. The van der Waals surface area contributed by atoms with Crippen molar-refractivity contribution in [3.8, 4) is 0 Å². The minimum atomic E-state index is -4.36. The average Bonchev–Trinajstić information content (AvgIpc) is 3.05. The number of hydrogen-bond donors (Lipinski definition) is 1. The van der Waals surface area contributed by atoms with E-state index in [-0.39, 0.29) is 5.91 Å². The van der Waals surface area contributed by atoms with E-state index in [1.54, 1.807) is 30.5 Å². The number of carbonyl (C=O) groups excluding carboxylic acids is 1. The summed E-state index contributed by atoms with van der Waals surface area (Å²) in [5, 5.41) is 4.29. The van der Waals surface area contributed by atoms with Crippen LogP contribution in [-0.4, -0.2) is 10.5 Å². The topological polar surface area (TPSA) is 34.0 Å². The molecule has 0 saturated heterocycles. The van der Waals surface area contributed by atoms with Crippen LogP contribution in [0.5, 0.6) is 0 Å². The van der Waals surface area contributed by atoms with E-state index in [2.05, 4.69) is 5.32 Å². The Morgan fingerprint density at radius 2 is 1.60 bits per heavy atom. The molecular formula is C23H16ClF3N2O. The molecule has 0 saturated carbocycles. The van der Waals surface area contributed by atoms with E-state index in [0.717, 1.165) is 28.6 Å². The van der Waals surface area contributed by atoms with Gasteiger partial charge in [0.25, 0.3) is 5.91 Å². The first kappa shape index (κ1) is 20.0. The Labute approximate surface area is 175 Å². The number of fused-ring (bicyclic) bond motifs is 1. The predicted octanol–water partition coefficient (Wildman–Crippen LogP) is 6.61. The lowest BCUT2D eigenvalue weighted by atomic mass is 10.1. The second kappa shape index (κ2) is 7.88. The van der Waals surface area contributed by atoms with Gasteiger partial charge in [-0.05, 0) is 48.0 Å². The summed E-state index contributed by atoms with van der Waals surface area (Å²) in [6, 6.07) is 19.2. The highest BCUT2D eigenvalue weighted by Crippen LogP contribution is 2.30. The molecule has 0 unspecified atom stereocenters. The number of anilines is 1. The number of halogens is 4. The van der Waals surface area contributed by atoms with E-state index in [1.807, 2.05) is 28.8 Å². The standard InChI is InChI=1S/C23H16ClF3N2O/c24-18-11-7-16(8-12-18)22(30)28-20-14-29(21-4-2-1-3-19(20)21)13-15-5-9-17(10-6-15)23(25,26)27/h1-12,14H,13H2,(H,28,30). The van der Waals surface area contributed by atoms with Gasteiger partial charge in [0.05, 0.1) is 16.8 Å². The molecule has 0 aliphatic heterocycles. The molecule has 4 aromatic rings. The van der Waals surface area contributed by atoms with Gasteiger partial charge >= 0.3 is 6.18 Å². The summed E-state index contributed by atoms with van der Waals surface area (Å²) in [6.45, 7) is 0.371. The molecule has 4 rings (SSSR count). The molecule has 0 radical (unpaired) electrons. The lowest BCUT2D eigenvalue weighted by Crippen LogP contribution is -2.11. The van der Waals surface area contributed by atoms with Crippen molar-refractivity contribution >= 4 is 34.1 Å². The van der Waals surface area contributed by atoms with E-state index < -0.39 is 11.7 Å². The largest absolute Gasteiger partial charge is 0.416 e. The summed E-state index contributed by atoms with van der Waals surface area (Å²) in [4.78, 5) is 12.6. The molecule has 152 valence electrons. The number of carbonyl (C=O) groups is 1. The molecule has 1 aromatic heterocycles. The minimum absolute atomic E-state index is 0.274. The van der Waals surface area contributed by atoms with Gasteiger partial charge < -0.3 is 9.88 Å². The lowest BCUT2D eigenvalue weighted by Gasteiger charge is -2.09. The zero-order valence-electron chi connectivity index (χ0n) is 15.6. The fourth-order valence-electron chi connectivity index (χ4n) is 3.27. The minimum Gasteiger partial charge on any atom is -0.341 e. The zero-order chi connectivity index (χ0) is 21.3. The van der Waals surface area contributed by atoms with E-state index >= 15 is 0 Å². The molecule has 1 amide bonds. The van der Waals surface area contributed by atoms with Crippen LogP contribution in [0.3, 0.4) is 0 Å². The third-order valence-electron chi connectivity index (χ3n) is 4.78. The molecule has 1 N–H and O–H groups in total. The van der Waals surface area contributed by atoms with E-state index in [4.69, 9.17) is 11.6 Å². The van der Waals surface area contributed by atoms with Gasteiger partial charge in [-0.1, -0.05) is 41.9 Å². The van der Waals surface area contributed by atoms with Gasteiger partial charge in [0.15, 0.2) is 0 Å². The normalized spacial score (nSPS) is 11.6. The van der Waals surface area contributed by atoms with Gasteiger partial charge in [0.2, 0.25) is 0 Å². The molecule has 1 heterocycles. The number of benzene rings is 3. The van der Waals surface area contributed by atoms with Crippen molar-refractivity contribution in [1.82, 2.24) is 4.57 Å². The third-order valence-corrected chi connectivity index (χ3v) is 5.03. The Morgan fingerprint density at radius 3 is 2.27 bits per heavy atom. The number of rotatable bonds is 4. The molecule has 3 aromatic carbocycles. The average molecular weight is 429 g/mol. The summed E-state index contributed by atoms with van der Waals surface area (Å²) in [7, 11) is 0. The number of para-hydroxylation sites is 1. The summed E-state index contributed by atoms with van der Waals surface area (Å²) >= 11 is 5.87. The van der Waals surface area contributed by atoms with Gasteiger partial charge in [0.1, 0.15) is 0 Å². The maximum atomic E-state index is 12.8. The summed E-state index contributed by atoms with van der Waals surface area (Å²) in [6.07, 6.45) is -2.58. The van der Waals surface area contributed by atoms with Crippen LogP contribution in [-0.2, 0) is 12.7 Å². The van der Waals surface area contributed by atoms with Crippen LogP contribution in [0.15, 0.2) is 79.0 Å². The third kappa shape index (κ3) is 4.19. The van der Waals surface area contributed by atoms with Gasteiger partial charge in [0, 0.05) is 28.7 Å². The smallest absolute Gasteiger partial charge is 0.341 e. The molecule has 7 heteroatoms. The van der Waals surface area contributed by atoms with Gasteiger partial charge in [-0.25, -0.2) is 0 Å². The second-order valence-electron chi connectivity index (χ2n) is 6.84. The van der Waals surface area contributed by atoms with Crippen LogP contribution in [0.2, 0.25) is 5.02 Å². The van der Waals surface area contributed by atoms with Crippen LogP contribution in [0.25, 0.3) is 10.9 Å². The van der Waals surface area contributed by atoms with Crippen molar-refractivity contribution in [3.63, 3.8) is 0 Å². The second-order valence-corrected chi connectivity index (χ2v) is 7.28. The van der Waals surface area contributed by atoms with E-state index in [9.17, 15) is 18.0 Å². The number of nitrogens with zero attached hydrogens (tertiary/aromatic N) is 1. The Hall–Kier alpha value is -3.25. The number of amides is 1. The molecule has 0 aliphatic carbocycles. The van der Waals surface area contributed by atoms with Crippen molar-refractivity contribution in [2.45, 2.75) is 12.7 Å². The highest BCUT2D eigenvalue weighted by molar-refractivity contribution is 6.30. The molecule has 0 aliphatic rings. The van der Waals surface area contributed by atoms with Crippen molar-refractivity contribution in [3.05, 3.63) is 101 Å². The van der Waals surface area contributed by atoms with Gasteiger partial charge in [-0.2, -0.15) is 13.2 Å². The molecule has 3 nitrogen and oxygen atoms in total. The summed E-state index contributed by atoms with van der Waals surface area (Å²) in [5.41, 5.74) is 2.00. The molecule has 0 spiro atoms. The molecule has 30 heavy (non-hydrogen) atoms. The molecule has 0 fully saturated rings. The Balaban J connectivity index is 1.62. The summed E-state index contributed by atoms with van der Waals surface area (Å²) in [5.74, 6) is -0.274. The first-order valence-corrected chi connectivity index (χ1v) is 9.50. The van der Waals surface area contributed by atoms with Crippen molar-refractivity contribution in [2.24, 2.45) is 0 Å².